The van der Waals surface area contributed by atoms with Crippen molar-refractivity contribution in [3.8, 4) is 5.75 Å². The summed E-state index contributed by atoms with van der Waals surface area (Å²) in [5, 5.41) is 3.33. The Kier molecular flexibility index (Phi) is 3.45. The number of nitrogens with one attached hydrogen (secondary N) is 1. The molecule has 0 saturated heterocycles. The second kappa shape index (κ2) is 5.25. The van der Waals surface area contributed by atoms with Crippen LogP contribution in [0.2, 0.25) is 0 Å². The van der Waals surface area contributed by atoms with Gasteiger partial charge in [-0.1, -0.05) is 29.8 Å². The van der Waals surface area contributed by atoms with Gasteiger partial charge in [-0.2, -0.15) is 0 Å². The molecule has 3 heteroatoms. The summed E-state index contributed by atoms with van der Waals surface area (Å²) in [6.07, 6.45) is 0.689. The van der Waals surface area contributed by atoms with Crippen molar-refractivity contribution in [2.24, 2.45) is 0 Å². The molecule has 0 aromatic heterocycles. The summed E-state index contributed by atoms with van der Waals surface area (Å²) >= 11 is 0. The first-order valence-corrected chi connectivity index (χ1v) is 6.87. The summed E-state index contributed by atoms with van der Waals surface area (Å²) in [5.74, 6) is 0.664. The molecule has 2 atom stereocenters. The van der Waals surface area contributed by atoms with Gasteiger partial charge in [0.2, 0.25) is 0 Å². The summed E-state index contributed by atoms with van der Waals surface area (Å²) in [4.78, 5) is 0. The molecule has 2 nitrogen and oxygen atoms in total. The third-order valence-electron chi connectivity index (χ3n) is 3.83. The molecule has 2 unspecified atom stereocenters. The predicted molar refractivity (Wildman–Crippen MR) is 77.4 cm³/mol. The highest BCUT2D eigenvalue weighted by molar-refractivity contribution is 5.41. The molecule has 0 amide bonds. The lowest BCUT2D eigenvalue weighted by Crippen LogP contribution is -2.26. The van der Waals surface area contributed by atoms with Crippen LogP contribution in [0, 0.1) is 12.7 Å². The third-order valence-corrected chi connectivity index (χ3v) is 3.83. The number of hydrogen-bond donors (Lipinski definition) is 1. The fourth-order valence-electron chi connectivity index (χ4n) is 2.77. The average Bonchev–Trinajstić information content (AvgIpc) is 2.46. The van der Waals surface area contributed by atoms with E-state index in [1.54, 1.807) is 12.1 Å². The molecule has 3 rings (SSSR count). The van der Waals surface area contributed by atoms with E-state index in [0.717, 1.165) is 17.7 Å². The van der Waals surface area contributed by atoms with Crippen molar-refractivity contribution in [2.75, 3.05) is 7.05 Å². The summed E-state index contributed by atoms with van der Waals surface area (Å²) in [5.41, 5.74) is 3.29. The maximum absolute atomic E-state index is 13.4. The van der Waals surface area contributed by atoms with Crippen LogP contribution < -0.4 is 10.1 Å². The summed E-state index contributed by atoms with van der Waals surface area (Å²) in [6, 6.07) is 13.1. The van der Waals surface area contributed by atoms with E-state index in [9.17, 15) is 4.39 Å². The van der Waals surface area contributed by atoms with Crippen LogP contribution >= 0.6 is 0 Å². The molecule has 0 fully saturated rings. The molecule has 1 aliphatic heterocycles. The number of ether oxygens (including phenoxy) is 1. The van der Waals surface area contributed by atoms with Crippen molar-refractivity contribution in [1.29, 1.82) is 0 Å². The lowest BCUT2D eigenvalue weighted by molar-refractivity contribution is 0.153. The molecule has 2 aromatic rings. The van der Waals surface area contributed by atoms with E-state index in [0.29, 0.717) is 0 Å². The minimum atomic E-state index is -0.221. The molecule has 0 saturated carbocycles. The molecule has 1 aliphatic rings. The fraction of sp³-hybridized carbons (Fsp3) is 0.294. The smallest absolute Gasteiger partial charge is 0.126 e. The average molecular weight is 271 g/mol. The molecule has 2 aromatic carbocycles. The van der Waals surface area contributed by atoms with Crippen molar-refractivity contribution in [1.82, 2.24) is 5.32 Å². The molecule has 1 N–H and O–H groups in total. The fourth-order valence-corrected chi connectivity index (χ4v) is 2.77. The minimum Gasteiger partial charge on any atom is -0.485 e. The topological polar surface area (TPSA) is 21.3 Å². The molecule has 1 heterocycles. The highest BCUT2D eigenvalue weighted by Gasteiger charge is 2.28. The van der Waals surface area contributed by atoms with Gasteiger partial charge in [-0.25, -0.2) is 4.39 Å². The van der Waals surface area contributed by atoms with Crippen LogP contribution in [-0.4, -0.2) is 7.05 Å². The van der Waals surface area contributed by atoms with Crippen molar-refractivity contribution in [3.63, 3.8) is 0 Å². The van der Waals surface area contributed by atoms with Gasteiger partial charge in [-0.3, -0.25) is 0 Å². The lowest BCUT2D eigenvalue weighted by Gasteiger charge is -2.32. The third kappa shape index (κ3) is 2.41. The maximum Gasteiger partial charge on any atom is 0.126 e. The Hall–Kier alpha value is -1.87. The lowest BCUT2D eigenvalue weighted by atomic mass is 9.92. The molecule has 0 spiro atoms. The van der Waals surface area contributed by atoms with Gasteiger partial charge in [-0.05, 0) is 37.7 Å². The zero-order valence-electron chi connectivity index (χ0n) is 11.7. The van der Waals surface area contributed by atoms with E-state index in [-0.39, 0.29) is 18.0 Å². The summed E-state index contributed by atoms with van der Waals surface area (Å²) < 4.78 is 19.4. The van der Waals surface area contributed by atoms with Gasteiger partial charge in [-0.15, -0.1) is 0 Å². The highest BCUT2D eigenvalue weighted by Crippen LogP contribution is 2.41. The van der Waals surface area contributed by atoms with Gasteiger partial charge < -0.3 is 10.1 Å². The first-order valence-electron chi connectivity index (χ1n) is 6.87. The zero-order chi connectivity index (χ0) is 14.1. The second-order valence-electron chi connectivity index (χ2n) is 5.28. The van der Waals surface area contributed by atoms with E-state index in [1.165, 1.54) is 17.2 Å². The number of aryl methyl sites for hydroxylation is 1. The van der Waals surface area contributed by atoms with E-state index >= 15 is 0 Å². The Balaban J connectivity index is 1.96. The number of hydrogen-bond acceptors (Lipinski definition) is 2. The Labute approximate surface area is 118 Å². The number of fused-ring (bicyclic) bond motifs is 1. The number of rotatable bonds is 2. The standard InChI is InChI=1S/C17H18FNO/c1-11-6-7-16-14(8-11)15(19-2)10-17(20-16)12-4-3-5-13(18)9-12/h3-9,15,17,19H,10H2,1-2H3. The number of benzene rings is 2. The first-order chi connectivity index (χ1) is 9.67. The van der Waals surface area contributed by atoms with Crippen LogP contribution in [0.15, 0.2) is 42.5 Å². The van der Waals surface area contributed by atoms with Crippen LogP contribution in [0.5, 0.6) is 5.75 Å². The Morgan fingerprint density at radius 2 is 2.05 bits per heavy atom. The van der Waals surface area contributed by atoms with Crippen LogP contribution in [0.25, 0.3) is 0 Å². The van der Waals surface area contributed by atoms with Crippen molar-refractivity contribution >= 4 is 0 Å². The normalized spacial score (nSPS) is 21.1. The molecule has 0 aliphatic carbocycles. The molecule has 104 valence electrons. The number of halogens is 1. The molecule has 0 radical (unpaired) electrons. The van der Waals surface area contributed by atoms with E-state index in [2.05, 4.69) is 18.3 Å². The van der Waals surface area contributed by atoms with Crippen molar-refractivity contribution in [3.05, 3.63) is 65.0 Å². The van der Waals surface area contributed by atoms with Crippen LogP contribution in [0.4, 0.5) is 4.39 Å². The summed E-state index contributed by atoms with van der Waals surface area (Å²) in [6.45, 7) is 2.08. The van der Waals surface area contributed by atoms with E-state index in [1.807, 2.05) is 25.2 Å². The van der Waals surface area contributed by atoms with Crippen molar-refractivity contribution < 1.29 is 9.13 Å². The van der Waals surface area contributed by atoms with Gasteiger partial charge in [0.15, 0.2) is 0 Å². The largest absolute Gasteiger partial charge is 0.485 e. The van der Waals surface area contributed by atoms with Gasteiger partial charge >= 0.3 is 0 Å². The molecular weight excluding hydrogens is 253 g/mol. The van der Waals surface area contributed by atoms with Crippen LogP contribution in [0.1, 0.15) is 35.3 Å². The van der Waals surface area contributed by atoms with Gasteiger partial charge in [0, 0.05) is 18.0 Å². The van der Waals surface area contributed by atoms with Gasteiger partial charge in [0.05, 0.1) is 0 Å². The van der Waals surface area contributed by atoms with Gasteiger partial charge in [0.25, 0.3) is 0 Å². The zero-order valence-corrected chi connectivity index (χ0v) is 11.7. The Bertz CT molecular complexity index is 626. The molecular formula is C17H18FNO. The Morgan fingerprint density at radius 1 is 1.20 bits per heavy atom. The van der Waals surface area contributed by atoms with E-state index < -0.39 is 0 Å². The van der Waals surface area contributed by atoms with Crippen LogP contribution in [0.3, 0.4) is 0 Å². The second-order valence-corrected chi connectivity index (χ2v) is 5.28. The molecule has 20 heavy (non-hydrogen) atoms. The van der Waals surface area contributed by atoms with Crippen molar-refractivity contribution in [2.45, 2.75) is 25.5 Å². The highest BCUT2D eigenvalue weighted by atomic mass is 19.1. The SMILES string of the molecule is CNC1CC(c2cccc(F)c2)Oc2ccc(C)cc21. The van der Waals surface area contributed by atoms with Crippen LogP contribution in [-0.2, 0) is 0 Å². The monoisotopic (exact) mass is 271 g/mol. The van der Waals surface area contributed by atoms with Gasteiger partial charge in [0.1, 0.15) is 17.7 Å². The molecule has 0 bridgehead atoms. The minimum absolute atomic E-state index is 0.113. The maximum atomic E-state index is 13.4. The Morgan fingerprint density at radius 3 is 2.80 bits per heavy atom. The summed E-state index contributed by atoms with van der Waals surface area (Å²) in [7, 11) is 1.95. The quantitative estimate of drug-likeness (QED) is 0.894. The predicted octanol–water partition coefficient (Wildman–Crippen LogP) is 3.92. The first kappa shape index (κ1) is 13.1. The van der Waals surface area contributed by atoms with E-state index in [4.69, 9.17) is 4.74 Å².